The fourth-order valence-corrected chi connectivity index (χ4v) is 1.47. The molecule has 0 atom stereocenters. The maximum atomic E-state index is 11.6. The topological polar surface area (TPSA) is 63.2 Å². The van der Waals surface area contributed by atoms with Crippen LogP contribution in [-0.2, 0) is 0 Å². The van der Waals surface area contributed by atoms with Gasteiger partial charge in [-0.25, -0.2) is 9.78 Å². The van der Waals surface area contributed by atoms with Gasteiger partial charge in [0.2, 0.25) is 0 Å². The summed E-state index contributed by atoms with van der Waals surface area (Å²) in [5.41, 5.74) is 0.904. The van der Waals surface area contributed by atoms with Gasteiger partial charge in [-0.05, 0) is 30.7 Å². The summed E-state index contributed by atoms with van der Waals surface area (Å²) in [6, 6.07) is 12.6. The number of carbonyl (C=O) groups excluding carboxylic acids is 1. The van der Waals surface area contributed by atoms with Gasteiger partial charge in [0, 0.05) is 6.20 Å². The zero-order valence-electron chi connectivity index (χ0n) is 10.6. The van der Waals surface area contributed by atoms with Crippen LogP contribution in [0.25, 0.3) is 0 Å². The number of para-hydroxylation sites is 1. The molecule has 0 fully saturated rings. The third-order valence-electron chi connectivity index (χ3n) is 2.46. The number of anilines is 1. The first-order valence-corrected chi connectivity index (χ1v) is 5.90. The second kappa shape index (κ2) is 6.39. The van der Waals surface area contributed by atoms with E-state index in [2.05, 4.69) is 15.6 Å². The number of pyridine rings is 1. The normalized spacial score (nSPS) is 9.74. The van der Waals surface area contributed by atoms with E-state index in [0.29, 0.717) is 11.6 Å². The van der Waals surface area contributed by atoms with Gasteiger partial charge in [0.25, 0.3) is 0 Å². The van der Waals surface area contributed by atoms with Gasteiger partial charge >= 0.3 is 6.03 Å². The number of aryl methyl sites for hydroxylation is 1. The van der Waals surface area contributed by atoms with E-state index >= 15 is 0 Å². The second-order valence-corrected chi connectivity index (χ2v) is 3.90. The Morgan fingerprint density at radius 3 is 2.74 bits per heavy atom. The average molecular weight is 257 g/mol. The summed E-state index contributed by atoms with van der Waals surface area (Å²) in [6.45, 7) is 1.98. The molecule has 2 aromatic rings. The van der Waals surface area contributed by atoms with Gasteiger partial charge in [-0.2, -0.15) is 0 Å². The van der Waals surface area contributed by atoms with E-state index in [0.717, 1.165) is 5.56 Å². The van der Waals surface area contributed by atoms with Crippen LogP contribution >= 0.6 is 0 Å². The van der Waals surface area contributed by atoms with E-state index in [-0.39, 0.29) is 12.8 Å². The van der Waals surface area contributed by atoms with Crippen molar-refractivity contribution in [3.63, 3.8) is 0 Å². The number of carbonyl (C=O) groups is 1. The number of rotatable bonds is 4. The lowest BCUT2D eigenvalue weighted by Crippen LogP contribution is -2.32. The first-order valence-electron chi connectivity index (χ1n) is 5.90. The van der Waals surface area contributed by atoms with Crippen LogP contribution in [0.2, 0.25) is 0 Å². The molecule has 2 N–H and O–H groups in total. The summed E-state index contributed by atoms with van der Waals surface area (Å²) in [7, 11) is 0. The summed E-state index contributed by atoms with van der Waals surface area (Å²) in [4.78, 5) is 15.7. The zero-order chi connectivity index (χ0) is 13.5. The Morgan fingerprint density at radius 1 is 1.21 bits per heavy atom. The Labute approximate surface area is 111 Å². The molecule has 0 aliphatic rings. The van der Waals surface area contributed by atoms with Crippen molar-refractivity contribution in [2.45, 2.75) is 6.92 Å². The summed E-state index contributed by atoms with van der Waals surface area (Å²) >= 11 is 0. The van der Waals surface area contributed by atoms with Gasteiger partial charge < -0.3 is 10.1 Å². The van der Waals surface area contributed by atoms with Crippen LogP contribution in [0.15, 0.2) is 48.7 Å². The van der Waals surface area contributed by atoms with Crippen LogP contribution in [0.4, 0.5) is 10.6 Å². The molecule has 0 aliphatic heterocycles. The monoisotopic (exact) mass is 257 g/mol. The maximum absolute atomic E-state index is 11.6. The fourth-order valence-electron chi connectivity index (χ4n) is 1.47. The van der Waals surface area contributed by atoms with Gasteiger partial charge in [-0.15, -0.1) is 0 Å². The predicted molar refractivity (Wildman–Crippen MR) is 73.1 cm³/mol. The highest BCUT2D eigenvalue weighted by molar-refractivity contribution is 5.88. The summed E-state index contributed by atoms with van der Waals surface area (Å²) in [5.74, 6) is 1.25. The van der Waals surface area contributed by atoms with Crippen molar-refractivity contribution in [1.29, 1.82) is 0 Å². The molecule has 19 heavy (non-hydrogen) atoms. The van der Waals surface area contributed by atoms with E-state index in [9.17, 15) is 4.79 Å². The lowest BCUT2D eigenvalue weighted by atomic mass is 10.3. The minimum absolute atomic E-state index is 0.0989. The molecule has 0 unspecified atom stereocenters. The first-order chi connectivity index (χ1) is 9.25. The van der Waals surface area contributed by atoms with E-state index in [1.54, 1.807) is 6.20 Å². The minimum Gasteiger partial charge on any atom is -0.473 e. The van der Waals surface area contributed by atoms with Crippen LogP contribution in [-0.4, -0.2) is 17.7 Å². The van der Waals surface area contributed by atoms with Gasteiger partial charge in [-0.3, -0.25) is 5.32 Å². The Hall–Kier alpha value is -2.56. The molecule has 5 heteroatoms. The number of hydrogen-bond acceptors (Lipinski definition) is 3. The smallest absolute Gasteiger partial charge is 0.323 e. The number of ether oxygens (including phenoxy) is 1. The molecule has 0 saturated carbocycles. The summed E-state index contributed by atoms with van der Waals surface area (Å²) < 4.78 is 5.35. The SMILES string of the molecule is Cc1cccnc1NC(=O)NCOc1ccccc1. The molecule has 1 aromatic heterocycles. The molecule has 98 valence electrons. The number of aromatic nitrogens is 1. The fraction of sp³-hybridized carbons (Fsp3) is 0.143. The Morgan fingerprint density at radius 2 is 2.00 bits per heavy atom. The number of benzene rings is 1. The van der Waals surface area contributed by atoms with E-state index in [1.807, 2.05) is 49.4 Å². The number of urea groups is 1. The molecule has 2 amide bonds. The van der Waals surface area contributed by atoms with Gasteiger partial charge in [0.05, 0.1) is 0 Å². The third-order valence-corrected chi connectivity index (χ3v) is 2.46. The molecule has 0 saturated heterocycles. The number of nitrogens with one attached hydrogen (secondary N) is 2. The van der Waals surface area contributed by atoms with Crippen LogP contribution in [0.3, 0.4) is 0 Å². The molecule has 1 heterocycles. The molecular weight excluding hydrogens is 242 g/mol. The van der Waals surface area contributed by atoms with Crippen LogP contribution in [0.5, 0.6) is 5.75 Å². The lowest BCUT2D eigenvalue weighted by Gasteiger charge is -2.09. The highest BCUT2D eigenvalue weighted by Gasteiger charge is 2.04. The van der Waals surface area contributed by atoms with Crippen LogP contribution in [0.1, 0.15) is 5.56 Å². The highest BCUT2D eigenvalue weighted by atomic mass is 16.5. The van der Waals surface area contributed by atoms with Gasteiger partial charge in [-0.1, -0.05) is 24.3 Å². The summed E-state index contributed by atoms with van der Waals surface area (Å²) in [5, 5.41) is 5.25. The van der Waals surface area contributed by atoms with Crippen molar-refractivity contribution in [2.24, 2.45) is 0 Å². The molecule has 0 bridgehead atoms. The maximum Gasteiger partial charge on any atom is 0.323 e. The van der Waals surface area contributed by atoms with Crippen LogP contribution in [0, 0.1) is 6.92 Å². The van der Waals surface area contributed by atoms with Crippen molar-refractivity contribution in [3.05, 3.63) is 54.2 Å². The van der Waals surface area contributed by atoms with Crippen molar-refractivity contribution < 1.29 is 9.53 Å². The van der Waals surface area contributed by atoms with Gasteiger partial charge in [0.15, 0.2) is 6.73 Å². The van der Waals surface area contributed by atoms with E-state index in [4.69, 9.17) is 4.74 Å². The molecule has 2 rings (SSSR count). The molecule has 5 nitrogen and oxygen atoms in total. The number of amides is 2. The highest BCUT2D eigenvalue weighted by Crippen LogP contribution is 2.09. The molecule has 0 spiro atoms. The van der Waals surface area contributed by atoms with Crippen LogP contribution < -0.4 is 15.4 Å². The Bertz CT molecular complexity index is 543. The van der Waals surface area contributed by atoms with Gasteiger partial charge in [0.1, 0.15) is 11.6 Å². The van der Waals surface area contributed by atoms with Crippen molar-refractivity contribution in [3.8, 4) is 5.75 Å². The predicted octanol–water partition coefficient (Wildman–Crippen LogP) is 2.55. The number of nitrogens with zero attached hydrogens (tertiary/aromatic N) is 1. The lowest BCUT2D eigenvalue weighted by molar-refractivity contribution is 0.234. The number of hydrogen-bond donors (Lipinski definition) is 2. The Kier molecular flexibility index (Phi) is 4.34. The molecular formula is C14H15N3O2. The Balaban J connectivity index is 1.78. The van der Waals surface area contributed by atoms with E-state index in [1.165, 1.54) is 0 Å². The quantitative estimate of drug-likeness (QED) is 0.827. The molecule has 0 aliphatic carbocycles. The largest absolute Gasteiger partial charge is 0.473 e. The van der Waals surface area contributed by atoms with Crippen molar-refractivity contribution in [2.75, 3.05) is 12.0 Å². The standard InChI is InChI=1S/C14H15N3O2/c1-11-6-5-9-15-13(11)17-14(18)16-10-19-12-7-3-2-4-8-12/h2-9H,10H2,1H3,(H2,15,16,17,18). The minimum atomic E-state index is -0.349. The van der Waals surface area contributed by atoms with E-state index < -0.39 is 0 Å². The first kappa shape index (κ1) is 12.9. The van der Waals surface area contributed by atoms with Crippen molar-refractivity contribution in [1.82, 2.24) is 10.3 Å². The second-order valence-electron chi connectivity index (χ2n) is 3.90. The average Bonchev–Trinajstić information content (AvgIpc) is 2.43. The summed E-state index contributed by atoms with van der Waals surface area (Å²) in [6.07, 6.45) is 1.63. The zero-order valence-corrected chi connectivity index (χ0v) is 10.6. The van der Waals surface area contributed by atoms with Crippen molar-refractivity contribution >= 4 is 11.8 Å². The third kappa shape index (κ3) is 3.99. The molecule has 0 radical (unpaired) electrons. The molecule has 1 aromatic carbocycles.